The van der Waals surface area contributed by atoms with Crippen molar-refractivity contribution in [3.63, 3.8) is 0 Å². The summed E-state index contributed by atoms with van der Waals surface area (Å²) in [6.45, 7) is 0. The number of rotatable bonds is 2. The van der Waals surface area contributed by atoms with Crippen LogP contribution < -0.4 is 0 Å². The molecule has 0 N–H and O–H groups in total. The molecule has 182 valence electrons. The minimum atomic E-state index is 0.919. The predicted octanol–water partition coefficient (Wildman–Crippen LogP) is 9.78. The van der Waals surface area contributed by atoms with E-state index < -0.39 is 0 Å². The maximum Gasteiger partial charge on any atom is 0.145 e. The monoisotopic (exact) mass is 498 g/mol. The van der Waals surface area contributed by atoms with Gasteiger partial charge in [-0.3, -0.25) is 0 Å². The van der Waals surface area contributed by atoms with Gasteiger partial charge in [0.2, 0.25) is 0 Å². The van der Waals surface area contributed by atoms with Crippen molar-refractivity contribution < 1.29 is 4.42 Å². The first-order chi connectivity index (χ1) is 19.4. The van der Waals surface area contributed by atoms with E-state index in [4.69, 9.17) is 4.42 Å². The van der Waals surface area contributed by atoms with Crippen LogP contribution in [0.5, 0.6) is 0 Å². The van der Waals surface area contributed by atoms with Gasteiger partial charge >= 0.3 is 0 Å². The highest BCUT2D eigenvalue weighted by Gasteiger charge is 2.21. The van der Waals surface area contributed by atoms with Crippen LogP contribution in [-0.2, 0) is 0 Å². The Bertz CT molecular complexity index is 2370. The van der Waals surface area contributed by atoms with Crippen LogP contribution in [-0.4, -0.2) is 9.13 Å². The van der Waals surface area contributed by atoms with E-state index in [0.717, 1.165) is 49.7 Å². The third-order valence-electron chi connectivity index (χ3n) is 8.09. The second-order valence-electron chi connectivity index (χ2n) is 10.2. The summed E-state index contributed by atoms with van der Waals surface area (Å²) in [5, 5.41) is 7.13. The van der Waals surface area contributed by atoms with Crippen molar-refractivity contribution >= 4 is 65.6 Å². The van der Waals surface area contributed by atoms with Crippen molar-refractivity contribution in [1.82, 2.24) is 9.13 Å². The van der Waals surface area contributed by atoms with E-state index in [-0.39, 0.29) is 0 Å². The van der Waals surface area contributed by atoms with Crippen LogP contribution in [0.4, 0.5) is 0 Å². The number of nitrogens with zero attached hydrogens (tertiary/aromatic N) is 2. The molecule has 3 heteroatoms. The van der Waals surface area contributed by atoms with E-state index in [1.165, 1.54) is 27.2 Å². The van der Waals surface area contributed by atoms with E-state index in [1.807, 2.05) is 6.07 Å². The molecule has 0 amide bonds. The van der Waals surface area contributed by atoms with Gasteiger partial charge in [0, 0.05) is 38.3 Å². The Balaban J connectivity index is 1.54. The van der Waals surface area contributed by atoms with Gasteiger partial charge in [-0.05, 0) is 60.7 Å². The summed E-state index contributed by atoms with van der Waals surface area (Å²) in [6, 6.07) is 47.5. The summed E-state index contributed by atoms with van der Waals surface area (Å²) in [4.78, 5) is 0. The Hall–Kier alpha value is -5.28. The summed E-state index contributed by atoms with van der Waals surface area (Å²) in [5.41, 5.74) is 8.86. The number of aromatic nitrogens is 2. The maximum absolute atomic E-state index is 6.58. The van der Waals surface area contributed by atoms with Gasteiger partial charge in [0.05, 0.1) is 27.5 Å². The Morgan fingerprint density at radius 3 is 1.77 bits per heavy atom. The molecule has 3 aromatic heterocycles. The maximum atomic E-state index is 6.58. The molecule has 0 saturated heterocycles. The van der Waals surface area contributed by atoms with Crippen LogP contribution in [0.3, 0.4) is 0 Å². The van der Waals surface area contributed by atoms with Crippen LogP contribution in [0, 0.1) is 0 Å². The molecule has 0 unspecified atom stereocenters. The third kappa shape index (κ3) is 2.76. The first kappa shape index (κ1) is 20.7. The lowest BCUT2D eigenvalue weighted by atomic mass is 10.1. The molecule has 3 nitrogen and oxygen atoms in total. The SMILES string of the molecule is c1ccc(-n2c3ccccc3c3cc4c5c6oc7ccccc7c6ccc5n(-c5ccccc5)c4cc32)cc1. The highest BCUT2D eigenvalue weighted by Crippen LogP contribution is 2.43. The molecule has 9 rings (SSSR count). The second-order valence-corrected chi connectivity index (χ2v) is 10.2. The lowest BCUT2D eigenvalue weighted by Crippen LogP contribution is -1.95. The first-order valence-corrected chi connectivity index (χ1v) is 13.3. The molecule has 0 atom stereocenters. The molecule has 0 radical (unpaired) electrons. The zero-order chi connectivity index (χ0) is 25.5. The van der Waals surface area contributed by atoms with Crippen molar-refractivity contribution in [3.8, 4) is 11.4 Å². The number of hydrogen-bond acceptors (Lipinski definition) is 1. The topological polar surface area (TPSA) is 23.0 Å². The molecular weight excluding hydrogens is 476 g/mol. The Morgan fingerprint density at radius 2 is 1.00 bits per heavy atom. The van der Waals surface area contributed by atoms with Crippen LogP contribution in [0.1, 0.15) is 0 Å². The van der Waals surface area contributed by atoms with Gasteiger partial charge in [0.25, 0.3) is 0 Å². The second kappa shape index (κ2) is 7.62. The van der Waals surface area contributed by atoms with Gasteiger partial charge in [-0.1, -0.05) is 72.8 Å². The van der Waals surface area contributed by atoms with E-state index in [1.54, 1.807) is 0 Å². The number of furan rings is 1. The van der Waals surface area contributed by atoms with Crippen molar-refractivity contribution in [2.24, 2.45) is 0 Å². The Kier molecular flexibility index (Phi) is 4.05. The molecule has 6 aromatic carbocycles. The highest BCUT2D eigenvalue weighted by atomic mass is 16.3. The third-order valence-corrected chi connectivity index (χ3v) is 8.09. The normalized spacial score (nSPS) is 12.1. The van der Waals surface area contributed by atoms with Gasteiger partial charge in [0.1, 0.15) is 11.2 Å². The molecule has 0 aliphatic rings. The smallest absolute Gasteiger partial charge is 0.145 e. The highest BCUT2D eigenvalue weighted by molar-refractivity contribution is 6.26. The van der Waals surface area contributed by atoms with Crippen molar-refractivity contribution in [1.29, 1.82) is 0 Å². The van der Waals surface area contributed by atoms with E-state index in [9.17, 15) is 0 Å². The lowest BCUT2D eigenvalue weighted by molar-refractivity contribution is 0.673. The molecule has 0 aliphatic heterocycles. The summed E-state index contributed by atoms with van der Waals surface area (Å²) < 4.78 is 11.3. The molecule has 0 spiro atoms. The fourth-order valence-electron chi connectivity index (χ4n) is 6.45. The number of hydrogen-bond donors (Lipinski definition) is 0. The van der Waals surface area contributed by atoms with Crippen LogP contribution in [0.2, 0.25) is 0 Å². The quantitative estimate of drug-likeness (QED) is 0.233. The van der Waals surface area contributed by atoms with E-state index in [0.29, 0.717) is 0 Å². The largest absolute Gasteiger partial charge is 0.455 e. The number of para-hydroxylation sites is 4. The minimum absolute atomic E-state index is 0.919. The Labute approximate surface area is 223 Å². The molecule has 0 bridgehead atoms. The molecule has 9 aromatic rings. The predicted molar refractivity (Wildman–Crippen MR) is 162 cm³/mol. The van der Waals surface area contributed by atoms with E-state index >= 15 is 0 Å². The summed E-state index contributed by atoms with van der Waals surface area (Å²) in [6.07, 6.45) is 0. The minimum Gasteiger partial charge on any atom is -0.455 e. The standard InChI is InChI=1S/C36H22N2O/c1-3-11-23(12-4-1)37-30-17-9-7-15-25(30)28-21-29-33(22-32(28)37)38(24-13-5-2-6-14-24)31-20-19-27-26-16-8-10-18-34(26)39-36(27)35(29)31/h1-22H. The fourth-order valence-corrected chi connectivity index (χ4v) is 6.45. The van der Waals surface area contributed by atoms with Crippen molar-refractivity contribution in [2.45, 2.75) is 0 Å². The first-order valence-electron chi connectivity index (χ1n) is 13.3. The molecule has 3 heterocycles. The van der Waals surface area contributed by atoms with Crippen molar-refractivity contribution in [3.05, 3.63) is 133 Å². The Morgan fingerprint density at radius 1 is 0.385 bits per heavy atom. The molecular formula is C36H22N2O. The average Bonchev–Trinajstić information content (AvgIpc) is 3.64. The van der Waals surface area contributed by atoms with Crippen molar-refractivity contribution in [2.75, 3.05) is 0 Å². The summed E-state index contributed by atoms with van der Waals surface area (Å²) in [7, 11) is 0. The number of benzene rings is 6. The average molecular weight is 499 g/mol. The summed E-state index contributed by atoms with van der Waals surface area (Å²) in [5.74, 6) is 0. The van der Waals surface area contributed by atoms with Gasteiger partial charge in [0.15, 0.2) is 0 Å². The van der Waals surface area contributed by atoms with Crippen LogP contribution in [0.15, 0.2) is 138 Å². The van der Waals surface area contributed by atoms with Gasteiger partial charge in [-0.25, -0.2) is 0 Å². The van der Waals surface area contributed by atoms with Crippen LogP contribution in [0.25, 0.3) is 76.9 Å². The molecule has 39 heavy (non-hydrogen) atoms. The number of fused-ring (bicyclic) bond motifs is 10. The summed E-state index contributed by atoms with van der Waals surface area (Å²) >= 11 is 0. The fraction of sp³-hybridized carbons (Fsp3) is 0. The zero-order valence-electron chi connectivity index (χ0n) is 21.0. The molecule has 0 fully saturated rings. The zero-order valence-corrected chi connectivity index (χ0v) is 21.0. The molecule has 0 saturated carbocycles. The van der Waals surface area contributed by atoms with Gasteiger partial charge < -0.3 is 13.6 Å². The van der Waals surface area contributed by atoms with Gasteiger partial charge in [-0.2, -0.15) is 0 Å². The van der Waals surface area contributed by atoms with Crippen LogP contribution >= 0.6 is 0 Å². The van der Waals surface area contributed by atoms with Gasteiger partial charge in [-0.15, -0.1) is 0 Å². The molecule has 0 aliphatic carbocycles. The van der Waals surface area contributed by atoms with E-state index in [2.05, 4.69) is 137 Å². The lowest BCUT2D eigenvalue weighted by Gasteiger charge is -2.10.